The van der Waals surface area contributed by atoms with Crippen molar-refractivity contribution < 1.29 is 24.2 Å². The predicted molar refractivity (Wildman–Crippen MR) is 111 cm³/mol. The Labute approximate surface area is 172 Å². The molecular weight excluding hydrogens is 388 g/mol. The lowest BCUT2D eigenvalue weighted by Gasteiger charge is -2.29. The Morgan fingerprint density at radius 1 is 1.13 bits per heavy atom. The van der Waals surface area contributed by atoms with Crippen molar-refractivity contribution in [3.05, 3.63) is 53.6 Å². The number of nitrogen functional groups attached to an aromatic ring is 1. The Hall–Kier alpha value is -3.88. The summed E-state index contributed by atoms with van der Waals surface area (Å²) >= 11 is 0. The van der Waals surface area contributed by atoms with Gasteiger partial charge in [-0.15, -0.1) is 0 Å². The number of amides is 2. The highest BCUT2D eigenvalue weighted by molar-refractivity contribution is 6.06. The average molecular weight is 410 g/mol. The van der Waals surface area contributed by atoms with Crippen LogP contribution in [-0.4, -0.2) is 41.9 Å². The number of carbonyl (C=O) groups excluding carboxylic acids is 2. The number of hydrogen-bond acceptors (Lipinski definition) is 5. The summed E-state index contributed by atoms with van der Waals surface area (Å²) < 4.78 is 5.51. The first-order valence-corrected chi connectivity index (χ1v) is 9.40. The molecule has 0 bridgehead atoms. The first kappa shape index (κ1) is 20.8. The summed E-state index contributed by atoms with van der Waals surface area (Å²) in [5, 5.41) is 18.9. The van der Waals surface area contributed by atoms with E-state index in [0.717, 1.165) is 0 Å². The minimum atomic E-state index is -0.861. The molecule has 156 valence electrons. The Morgan fingerprint density at radius 3 is 2.50 bits per heavy atom. The van der Waals surface area contributed by atoms with Crippen LogP contribution >= 0.6 is 0 Å². The van der Waals surface area contributed by atoms with Crippen molar-refractivity contribution in [1.82, 2.24) is 0 Å². The van der Waals surface area contributed by atoms with Crippen LogP contribution in [0.3, 0.4) is 0 Å². The van der Waals surface area contributed by atoms with Gasteiger partial charge in [-0.05, 0) is 37.1 Å². The van der Waals surface area contributed by atoms with E-state index in [4.69, 9.17) is 21.0 Å². The van der Waals surface area contributed by atoms with Gasteiger partial charge in [0.25, 0.3) is 11.8 Å². The fourth-order valence-electron chi connectivity index (χ4n) is 3.08. The van der Waals surface area contributed by atoms with E-state index in [9.17, 15) is 14.4 Å². The zero-order valence-electron chi connectivity index (χ0n) is 16.2. The van der Waals surface area contributed by atoms with E-state index >= 15 is 0 Å². The van der Waals surface area contributed by atoms with Crippen LogP contribution in [0.5, 0.6) is 5.75 Å². The number of benzene rings is 2. The van der Waals surface area contributed by atoms with E-state index in [2.05, 4.69) is 5.32 Å². The van der Waals surface area contributed by atoms with Crippen LogP contribution in [0.25, 0.3) is 0 Å². The number of nitrogens with one attached hydrogen (secondary N) is 2. The molecule has 0 radical (unpaired) electrons. The lowest BCUT2D eigenvalue weighted by atomic mass is 10.1. The van der Waals surface area contributed by atoms with Crippen molar-refractivity contribution in [3.8, 4) is 5.75 Å². The summed E-state index contributed by atoms with van der Waals surface area (Å²) in [5.74, 6) is -0.990. The molecular formula is C21H22N4O5. The maximum absolute atomic E-state index is 12.5. The molecule has 0 saturated carbocycles. The Morgan fingerprint density at radius 2 is 1.83 bits per heavy atom. The van der Waals surface area contributed by atoms with Gasteiger partial charge in [0, 0.05) is 35.8 Å². The first-order valence-electron chi connectivity index (χ1n) is 9.40. The molecule has 3 rings (SSSR count). The van der Waals surface area contributed by atoms with E-state index in [1.165, 1.54) is 0 Å². The van der Waals surface area contributed by atoms with Crippen molar-refractivity contribution in [3.63, 3.8) is 0 Å². The van der Waals surface area contributed by atoms with Gasteiger partial charge in [-0.1, -0.05) is 12.1 Å². The summed E-state index contributed by atoms with van der Waals surface area (Å²) in [7, 11) is 0. The molecule has 1 aliphatic heterocycles. The van der Waals surface area contributed by atoms with Gasteiger partial charge < -0.3 is 25.8 Å². The minimum absolute atomic E-state index is 0.0593. The van der Waals surface area contributed by atoms with Crippen molar-refractivity contribution in [2.24, 2.45) is 5.73 Å². The van der Waals surface area contributed by atoms with Crippen LogP contribution in [0.1, 0.15) is 35.2 Å². The molecule has 30 heavy (non-hydrogen) atoms. The van der Waals surface area contributed by atoms with Crippen molar-refractivity contribution in [2.45, 2.75) is 19.3 Å². The molecule has 0 saturated heterocycles. The smallest absolute Gasteiger partial charge is 0.303 e. The molecule has 0 fully saturated rings. The van der Waals surface area contributed by atoms with Crippen LogP contribution < -0.4 is 20.7 Å². The molecule has 0 aliphatic carbocycles. The zero-order valence-corrected chi connectivity index (χ0v) is 16.2. The largest absolute Gasteiger partial charge is 0.481 e. The summed E-state index contributed by atoms with van der Waals surface area (Å²) in [6, 6.07) is 11.4. The molecule has 0 unspecified atom stereocenters. The van der Waals surface area contributed by atoms with Crippen LogP contribution in [0, 0.1) is 5.41 Å². The van der Waals surface area contributed by atoms with Gasteiger partial charge in [0.2, 0.25) is 0 Å². The standard InChI is InChI=1S/C21H22N4O5/c22-20(23)13-4-6-14(7-5-13)21(29)24-15-8-9-16-17(11-15)30-12-18(26)25(16)10-2-1-3-19(27)28/h4-9,11H,1-3,10,12H2,(H3,22,23)(H,24,29)(H,27,28). The number of carboxylic acid groups (broad SMARTS) is 1. The maximum atomic E-state index is 12.5. The fraction of sp³-hybridized carbons (Fsp3) is 0.238. The summed E-state index contributed by atoms with van der Waals surface area (Å²) in [5.41, 5.74) is 7.45. The van der Waals surface area contributed by atoms with Crippen molar-refractivity contribution in [2.75, 3.05) is 23.4 Å². The average Bonchev–Trinajstić information content (AvgIpc) is 2.72. The molecule has 0 spiro atoms. The second-order valence-corrected chi connectivity index (χ2v) is 6.81. The second-order valence-electron chi connectivity index (χ2n) is 6.81. The number of ether oxygens (including phenoxy) is 1. The third-order valence-corrected chi connectivity index (χ3v) is 4.64. The molecule has 0 atom stereocenters. The van der Waals surface area contributed by atoms with Gasteiger partial charge in [-0.3, -0.25) is 19.8 Å². The highest BCUT2D eigenvalue weighted by Gasteiger charge is 2.25. The topological polar surface area (TPSA) is 146 Å². The summed E-state index contributed by atoms with van der Waals surface area (Å²) in [4.78, 5) is 36.9. The minimum Gasteiger partial charge on any atom is -0.481 e. The number of rotatable bonds is 8. The number of amidine groups is 1. The van der Waals surface area contributed by atoms with Gasteiger partial charge >= 0.3 is 5.97 Å². The zero-order chi connectivity index (χ0) is 21.7. The van der Waals surface area contributed by atoms with Crippen LogP contribution in [0.15, 0.2) is 42.5 Å². The molecule has 9 nitrogen and oxygen atoms in total. The van der Waals surface area contributed by atoms with Crippen molar-refractivity contribution in [1.29, 1.82) is 5.41 Å². The molecule has 2 amide bonds. The second kappa shape index (κ2) is 9.08. The number of anilines is 2. The van der Waals surface area contributed by atoms with E-state index in [-0.39, 0.29) is 30.7 Å². The van der Waals surface area contributed by atoms with E-state index < -0.39 is 5.97 Å². The Balaban J connectivity index is 1.68. The first-order chi connectivity index (χ1) is 14.3. The third-order valence-electron chi connectivity index (χ3n) is 4.64. The number of nitrogens with zero attached hydrogens (tertiary/aromatic N) is 1. The molecule has 5 N–H and O–H groups in total. The van der Waals surface area contributed by atoms with Gasteiger partial charge in [-0.25, -0.2) is 0 Å². The maximum Gasteiger partial charge on any atom is 0.303 e. The van der Waals surface area contributed by atoms with E-state index in [1.807, 2.05) is 0 Å². The molecule has 2 aromatic rings. The third kappa shape index (κ3) is 4.93. The molecule has 2 aromatic carbocycles. The normalized spacial score (nSPS) is 12.7. The monoisotopic (exact) mass is 410 g/mol. The van der Waals surface area contributed by atoms with E-state index in [1.54, 1.807) is 47.4 Å². The molecule has 0 aromatic heterocycles. The molecule has 1 aliphatic rings. The number of aliphatic carboxylic acids is 1. The lowest BCUT2D eigenvalue weighted by molar-refractivity contribution is -0.137. The van der Waals surface area contributed by atoms with Gasteiger partial charge in [-0.2, -0.15) is 0 Å². The lowest BCUT2D eigenvalue weighted by Crippen LogP contribution is -2.39. The highest BCUT2D eigenvalue weighted by Crippen LogP contribution is 2.35. The highest BCUT2D eigenvalue weighted by atomic mass is 16.5. The number of nitrogens with two attached hydrogens (primary N) is 1. The number of fused-ring (bicyclic) bond motifs is 1. The predicted octanol–water partition coefficient (Wildman–Crippen LogP) is 2.20. The summed E-state index contributed by atoms with van der Waals surface area (Å²) in [6.07, 6.45) is 1.10. The Bertz CT molecular complexity index is 987. The SMILES string of the molecule is N=C(N)c1ccc(C(=O)Nc2ccc3c(c2)OCC(=O)N3CCCCC(=O)O)cc1. The van der Waals surface area contributed by atoms with Gasteiger partial charge in [0.05, 0.1) is 5.69 Å². The summed E-state index contributed by atoms with van der Waals surface area (Å²) in [6.45, 7) is 0.284. The fourth-order valence-corrected chi connectivity index (χ4v) is 3.08. The van der Waals surface area contributed by atoms with E-state index in [0.29, 0.717) is 47.6 Å². The number of hydrogen-bond donors (Lipinski definition) is 4. The molecule has 9 heteroatoms. The quantitative estimate of drug-likeness (QED) is 0.298. The Kier molecular flexibility index (Phi) is 6.31. The van der Waals surface area contributed by atoms with Crippen molar-refractivity contribution >= 4 is 35.0 Å². The van der Waals surface area contributed by atoms with Crippen LogP contribution in [-0.2, 0) is 9.59 Å². The van der Waals surface area contributed by atoms with Crippen LogP contribution in [0.2, 0.25) is 0 Å². The van der Waals surface area contributed by atoms with Crippen LogP contribution in [0.4, 0.5) is 11.4 Å². The number of carboxylic acids is 1. The number of carbonyl (C=O) groups is 3. The van der Waals surface area contributed by atoms with Gasteiger partial charge in [0.1, 0.15) is 11.6 Å². The molecule has 1 heterocycles. The number of unbranched alkanes of at least 4 members (excludes halogenated alkanes) is 1. The van der Waals surface area contributed by atoms with Gasteiger partial charge in [0.15, 0.2) is 6.61 Å².